The first-order valence-electron chi connectivity index (χ1n) is 2.73. The second-order valence-electron chi connectivity index (χ2n) is 1.79. The number of alkyl halides is 1. The molecule has 1 atom stereocenters. The maximum Gasteiger partial charge on any atom is 0.0117 e. The summed E-state index contributed by atoms with van der Waals surface area (Å²) < 4.78 is 0. The molecule has 0 rings (SSSR count). The molecule has 0 aromatic heterocycles. The molecular weight excluding hydrogens is 186 g/mol. The first kappa shape index (κ1) is 8.79. The lowest BCUT2D eigenvalue weighted by Crippen LogP contribution is -1.92. The number of rotatable bonds is 4. The molecule has 0 fully saturated rings. The largest absolute Gasteiger partial charge is 0.278 e. The van der Waals surface area contributed by atoms with E-state index < -0.39 is 0 Å². The zero-order valence-corrected chi connectivity index (χ0v) is 7.46. The fourth-order valence-electron chi connectivity index (χ4n) is 0.448. The van der Waals surface area contributed by atoms with Gasteiger partial charge < -0.3 is 0 Å². The highest BCUT2D eigenvalue weighted by molar-refractivity contribution is 9.09. The van der Waals surface area contributed by atoms with Gasteiger partial charge in [-0.25, -0.2) is 0 Å². The Balaban J connectivity index is 2.72. The van der Waals surface area contributed by atoms with Gasteiger partial charge in [-0.15, -0.1) is 0 Å². The molecule has 1 nitrogen and oxygen atoms in total. The summed E-state index contributed by atoms with van der Waals surface area (Å²) in [6.07, 6.45) is 2.44. The van der Waals surface area contributed by atoms with E-state index in [4.69, 9.17) is 5.14 Å². The standard InChI is InChI=1S/C5H12BrNS/c1-5(6)3-2-4-8-7/h5H,2-4,7H2,1H3. The molecule has 2 N–H and O–H groups in total. The Kier molecular flexibility index (Phi) is 6.50. The molecule has 50 valence electrons. The van der Waals surface area contributed by atoms with Crippen LogP contribution in [0.2, 0.25) is 0 Å². The molecule has 0 aliphatic carbocycles. The second kappa shape index (κ2) is 5.92. The molecule has 0 heterocycles. The molecule has 0 amide bonds. The maximum absolute atomic E-state index is 5.22. The SMILES string of the molecule is CC(Br)CCCSN. The number of hydrogen-bond acceptors (Lipinski definition) is 2. The Labute approximate surface area is 63.7 Å². The molecule has 0 bridgehead atoms. The van der Waals surface area contributed by atoms with E-state index in [-0.39, 0.29) is 0 Å². The van der Waals surface area contributed by atoms with Crippen LogP contribution in [-0.2, 0) is 0 Å². The molecule has 0 radical (unpaired) electrons. The Bertz CT molecular complexity index is 49.7. The van der Waals surface area contributed by atoms with Crippen LogP contribution in [0, 0.1) is 0 Å². The maximum atomic E-state index is 5.22. The van der Waals surface area contributed by atoms with Crippen molar-refractivity contribution in [1.29, 1.82) is 0 Å². The molecule has 0 aliphatic heterocycles. The van der Waals surface area contributed by atoms with Crippen molar-refractivity contribution in [3.63, 3.8) is 0 Å². The molecule has 0 aliphatic rings. The highest BCUT2D eigenvalue weighted by Crippen LogP contribution is 2.07. The van der Waals surface area contributed by atoms with Crippen molar-refractivity contribution in [2.24, 2.45) is 5.14 Å². The highest BCUT2D eigenvalue weighted by atomic mass is 79.9. The molecule has 0 aromatic rings. The van der Waals surface area contributed by atoms with Gasteiger partial charge in [0, 0.05) is 10.6 Å². The van der Waals surface area contributed by atoms with E-state index in [0.717, 1.165) is 5.75 Å². The van der Waals surface area contributed by atoms with Gasteiger partial charge in [-0.2, -0.15) is 0 Å². The van der Waals surface area contributed by atoms with Crippen LogP contribution in [0.3, 0.4) is 0 Å². The highest BCUT2D eigenvalue weighted by Gasteiger charge is 1.92. The molecule has 8 heavy (non-hydrogen) atoms. The Morgan fingerprint density at radius 3 is 2.75 bits per heavy atom. The van der Waals surface area contributed by atoms with Crippen LogP contribution in [0.15, 0.2) is 0 Å². The van der Waals surface area contributed by atoms with Gasteiger partial charge in [0.25, 0.3) is 0 Å². The van der Waals surface area contributed by atoms with E-state index in [2.05, 4.69) is 22.9 Å². The van der Waals surface area contributed by atoms with E-state index >= 15 is 0 Å². The molecular formula is C5H12BrNS. The third kappa shape index (κ3) is 6.79. The van der Waals surface area contributed by atoms with Crippen LogP contribution in [-0.4, -0.2) is 10.6 Å². The van der Waals surface area contributed by atoms with Gasteiger partial charge in [-0.05, 0) is 12.8 Å². The summed E-state index contributed by atoms with van der Waals surface area (Å²) in [5, 5.41) is 5.22. The summed E-state index contributed by atoms with van der Waals surface area (Å²) in [6, 6.07) is 0. The quantitative estimate of drug-likeness (QED) is 0.425. The predicted octanol–water partition coefficient (Wildman–Crippen LogP) is 2.16. The zero-order chi connectivity index (χ0) is 6.41. The third-order valence-electron chi connectivity index (χ3n) is 0.864. The zero-order valence-electron chi connectivity index (χ0n) is 5.06. The van der Waals surface area contributed by atoms with Crippen molar-refractivity contribution in [2.45, 2.75) is 24.6 Å². The number of hydrogen-bond donors (Lipinski definition) is 1. The summed E-state index contributed by atoms with van der Waals surface area (Å²) in [5.41, 5.74) is 0. The van der Waals surface area contributed by atoms with Crippen molar-refractivity contribution in [2.75, 3.05) is 5.75 Å². The molecule has 3 heteroatoms. The van der Waals surface area contributed by atoms with Crippen molar-refractivity contribution in [3.05, 3.63) is 0 Å². The topological polar surface area (TPSA) is 26.0 Å². The lowest BCUT2D eigenvalue weighted by molar-refractivity contribution is 0.804. The Morgan fingerprint density at radius 2 is 2.38 bits per heavy atom. The van der Waals surface area contributed by atoms with Crippen LogP contribution in [0.4, 0.5) is 0 Å². The van der Waals surface area contributed by atoms with E-state index in [1.807, 2.05) is 0 Å². The fraction of sp³-hybridized carbons (Fsp3) is 1.00. The summed E-state index contributed by atoms with van der Waals surface area (Å²) in [7, 11) is 0. The Hall–Kier alpha value is 0.790. The minimum absolute atomic E-state index is 0.648. The first-order chi connectivity index (χ1) is 3.77. The van der Waals surface area contributed by atoms with Crippen molar-refractivity contribution >= 4 is 27.9 Å². The summed E-state index contributed by atoms with van der Waals surface area (Å²) in [6.45, 7) is 2.15. The van der Waals surface area contributed by atoms with E-state index in [1.54, 1.807) is 0 Å². The van der Waals surface area contributed by atoms with Gasteiger partial charge in [-0.1, -0.05) is 34.8 Å². The number of halogens is 1. The minimum Gasteiger partial charge on any atom is -0.278 e. The lowest BCUT2D eigenvalue weighted by atomic mass is 10.3. The molecule has 0 aromatic carbocycles. The summed E-state index contributed by atoms with van der Waals surface area (Å²) in [5.74, 6) is 1.08. The van der Waals surface area contributed by atoms with Crippen LogP contribution in [0.1, 0.15) is 19.8 Å². The molecule has 1 unspecified atom stereocenters. The van der Waals surface area contributed by atoms with Crippen LogP contribution < -0.4 is 5.14 Å². The van der Waals surface area contributed by atoms with Crippen molar-refractivity contribution < 1.29 is 0 Å². The predicted molar refractivity (Wildman–Crippen MR) is 44.3 cm³/mol. The van der Waals surface area contributed by atoms with E-state index in [9.17, 15) is 0 Å². The van der Waals surface area contributed by atoms with Crippen LogP contribution in [0.5, 0.6) is 0 Å². The van der Waals surface area contributed by atoms with E-state index in [0.29, 0.717) is 4.83 Å². The first-order valence-corrected chi connectivity index (χ1v) is 4.69. The van der Waals surface area contributed by atoms with Crippen LogP contribution in [0.25, 0.3) is 0 Å². The van der Waals surface area contributed by atoms with Gasteiger partial charge >= 0.3 is 0 Å². The lowest BCUT2D eigenvalue weighted by Gasteiger charge is -1.98. The van der Waals surface area contributed by atoms with Crippen molar-refractivity contribution in [1.82, 2.24) is 0 Å². The van der Waals surface area contributed by atoms with Gasteiger partial charge in [0.1, 0.15) is 0 Å². The van der Waals surface area contributed by atoms with Gasteiger partial charge in [-0.3, -0.25) is 5.14 Å². The summed E-state index contributed by atoms with van der Waals surface area (Å²) in [4.78, 5) is 0.648. The Morgan fingerprint density at radius 1 is 1.75 bits per heavy atom. The van der Waals surface area contributed by atoms with Gasteiger partial charge in [0.15, 0.2) is 0 Å². The van der Waals surface area contributed by atoms with Gasteiger partial charge in [0.2, 0.25) is 0 Å². The average molecular weight is 198 g/mol. The van der Waals surface area contributed by atoms with Gasteiger partial charge in [0.05, 0.1) is 0 Å². The molecule has 0 spiro atoms. The molecule has 0 saturated heterocycles. The van der Waals surface area contributed by atoms with Crippen molar-refractivity contribution in [3.8, 4) is 0 Å². The third-order valence-corrected chi connectivity index (χ3v) is 1.85. The second-order valence-corrected chi connectivity index (χ2v) is 4.10. The van der Waals surface area contributed by atoms with E-state index in [1.165, 1.54) is 24.8 Å². The fourth-order valence-corrected chi connectivity index (χ4v) is 1.11. The number of nitrogens with two attached hydrogens (primary N) is 1. The smallest absolute Gasteiger partial charge is 0.0117 e. The minimum atomic E-state index is 0.648. The molecule has 0 saturated carbocycles. The summed E-state index contributed by atoms with van der Waals surface area (Å²) >= 11 is 4.88. The van der Waals surface area contributed by atoms with Crippen LogP contribution >= 0.6 is 27.9 Å². The normalized spacial score (nSPS) is 13.9. The monoisotopic (exact) mass is 197 g/mol. The average Bonchev–Trinajstić information content (AvgIpc) is 1.66.